The molecule has 0 unspecified atom stereocenters. The highest BCUT2D eigenvalue weighted by atomic mass is 16.3. The average molecular weight is 459 g/mol. The van der Waals surface area contributed by atoms with Crippen molar-refractivity contribution < 1.29 is 10.2 Å². The Kier molecular flexibility index (Phi) is 6.55. The highest BCUT2D eigenvalue weighted by Crippen LogP contribution is 2.69. The molecule has 0 heterocycles. The van der Waals surface area contributed by atoms with Crippen LogP contribution in [0.2, 0.25) is 0 Å². The fourth-order valence-electron chi connectivity index (χ4n) is 10.7. The van der Waals surface area contributed by atoms with Crippen LogP contribution in [0.1, 0.15) is 137 Å². The molecule has 0 bridgehead atoms. The van der Waals surface area contributed by atoms with Gasteiger partial charge in [-0.15, -0.1) is 0 Å². The van der Waals surface area contributed by atoms with E-state index in [0.717, 1.165) is 67.6 Å². The van der Waals surface area contributed by atoms with Crippen LogP contribution in [-0.4, -0.2) is 21.4 Å². The van der Waals surface area contributed by atoms with E-state index in [-0.39, 0.29) is 5.60 Å². The maximum Gasteiger partial charge on any atom is 0.0648 e. The van der Waals surface area contributed by atoms with Crippen LogP contribution in [0.3, 0.4) is 0 Å². The highest BCUT2D eigenvalue weighted by molar-refractivity contribution is 5.10. The van der Waals surface area contributed by atoms with Gasteiger partial charge in [0, 0.05) is 0 Å². The summed E-state index contributed by atoms with van der Waals surface area (Å²) in [5.41, 5.74) is 0.209. The van der Waals surface area contributed by atoms with Crippen molar-refractivity contribution in [2.45, 2.75) is 148 Å². The smallest absolute Gasteiger partial charge is 0.0648 e. The van der Waals surface area contributed by atoms with Crippen LogP contribution in [0, 0.1) is 46.3 Å². The van der Waals surface area contributed by atoms with Crippen molar-refractivity contribution >= 4 is 0 Å². The molecule has 5 aliphatic rings. The minimum absolute atomic E-state index is 0.365. The Hall–Kier alpha value is -0.0800. The van der Waals surface area contributed by atoms with Crippen molar-refractivity contribution in [2.24, 2.45) is 46.3 Å². The first kappa shape index (κ1) is 24.6. The molecular formula is C31H54O2. The first-order chi connectivity index (χ1) is 15.6. The topological polar surface area (TPSA) is 40.5 Å². The van der Waals surface area contributed by atoms with E-state index in [1.165, 1.54) is 77.0 Å². The van der Waals surface area contributed by atoms with E-state index >= 15 is 0 Å². The Labute approximate surface area is 204 Å². The van der Waals surface area contributed by atoms with E-state index in [1.807, 2.05) is 0 Å². The highest BCUT2D eigenvalue weighted by Gasteiger charge is 2.61. The summed E-state index contributed by atoms with van der Waals surface area (Å²) in [6.07, 6.45) is 21.3. The number of rotatable bonds is 4. The van der Waals surface area contributed by atoms with Crippen molar-refractivity contribution in [3.8, 4) is 0 Å². The van der Waals surface area contributed by atoms with Crippen LogP contribution in [0.15, 0.2) is 0 Å². The van der Waals surface area contributed by atoms with Gasteiger partial charge in [-0.05, 0) is 137 Å². The summed E-state index contributed by atoms with van der Waals surface area (Å²) in [4.78, 5) is 0. The fourth-order valence-corrected chi connectivity index (χ4v) is 10.7. The van der Waals surface area contributed by atoms with Crippen LogP contribution < -0.4 is 0 Å². The lowest BCUT2D eigenvalue weighted by atomic mass is 9.43. The molecule has 0 saturated heterocycles. The first-order valence-corrected chi connectivity index (χ1v) is 15.0. The van der Waals surface area contributed by atoms with Gasteiger partial charge in [0.15, 0.2) is 0 Å². The SMILES string of the molecule is C[C@H](CCC1(O)CCCCCC1)[C@H]1CC[C@H]2[C@@H]3CC[C@H]4C[C@@](C)(O)CC[C@]4(C)[C@H]3CC[C@]12C. The first-order valence-electron chi connectivity index (χ1n) is 15.0. The predicted octanol–water partition coefficient (Wildman–Crippen LogP) is 7.90. The van der Waals surface area contributed by atoms with Gasteiger partial charge in [-0.25, -0.2) is 0 Å². The van der Waals surface area contributed by atoms with Gasteiger partial charge in [-0.2, -0.15) is 0 Å². The third-order valence-electron chi connectivity index (χ3n) is 12.8. The quantitative estimate of drug-likeness (QED) is 0.420. The van der Waals surface area contributed by atoms with Crippen molar-refractivity contribution in [3.63, 3.8) is 0 Å². The summed E-state index contributed by atoms with van der Waals surface area (Å²) in [7, 11) is 0. The maximum atomic E-state index is 11.3. The molecule has 0 radical (unpaired) electrons. The molecule has 9 atom stereocenters. The standard InChI is InChI=1S/C31H54O2/c1-22(13-18-31(33)15-7-5-6-8-16-31)25-11-12-26-24-10-9-23-21-28(2,32)19-20-29(23,3)27(24)14-17-30(25,26)4/h22-27,32-33H,5-21H2,1-4H3/t22-,23+,24+,25-,26+,27+,28+,29+,30-/m1/s1. The monoisotopic (exact) mass is 458 g/mol. The van der Waals surface area contributed by atoms with Gasteiger partial charge in [0.05, 0.1) is 11.2 Å². The maximum absolute atomic E-state index is 11.3. The summed E-state index contributed by atoms with van der Waals surface area (Å²) in [5, 5.41) is 22.0. The Morgan fingerprint density at radius 3 is 2.15 bits per heavy atom. The van der Waals surface area contributed by atoms with E-state index in [9.17, 15) is 10.2 Å². The van der Waals surface area contributed by atoms with E-state index in [4.69, 9.17) is 0 Å². The molecule has 0 amide bonds. The molecule has 190 valence electrons. The molecule has 0 aromatic carbocycles. The molecule has 0 spiro atoms. The lowest BCUT2D eigenvalue weighted by Crippen LogP contribution is -2.55. The zero-order chi connectivity index (χ0) is 23.5. The molecule has 2 heteroatoms. The van der Waals surface area contributed by atoms with Crippen molar-refractivity contribution in [1.82, 2.24) is 0 Å². The largest absolute Gasteiger partial charge is 0.390 e. The number of fused-ring (bicyclic) bond motifs is 5. The Balaban J connectivity index is 1.26. The van der Waals surface area contributed by atoms with Crippen molar-refractivity contribution in [1.29, 1.82) is 0 Å². The third kappa shape index (κ3) is 4.36. The lowest BCUT2D eigenvalue weighted by Gasteiger charge is -2.62. The minimum atomic E-state index is -0.421. The zero-order valence-corrected chi connectivity index (χ0v) is 22.4. The molecule has 0 aliphatic heterocycles. The lowest BCUT2D eigenvalue weighted by molar-refractivity contribution is -0.148. The van der Waals surface area contributed by atoms with E-state index in [1.54, 1.807) is 0 Å². The van der Waals surface area contributed by atoms with Crippen LogP contribution in [0.25, 0.3) is 0 Å². The third-order valence-corrected chi connectivity index (χ3v) is 12.8. The number of hydrogen-bond acceptors (Lipinski definition) is 2. The van der Waals surface area contributed by atoms with Gasteiger partial charge in [0.25, 0.3) is 0 Å². The van der Waals surface area contributed by atoms with Crippen LogP contribution >= 0.6 is 0 Å². The number of aliphatic hydroxyl groups is 2. The average Bonchev–Trinajstić information content (AvgIpc) is 2.97. The predicted molar refractivity (Wildman–Crippen MR) is 137 cm³/mol. The summed E-state index contributed by atoms with van der Waals surface area (Å²) < 4.78 is 0. The van der Waals surface area contributed by atoms with E-state index < -0.39 is 5.60 Å². The summed E-state index contributed by atoms with van der Waals surface area (Å²) in [6, 6.07) is 0. The van der Waals surface area contributed by atoms with E-state index in [0.29, 0.717) is 10.8 Å². The second kappa shape index (κ2) is 8.79. The normalized spacial score (nSPS) is 50.5. The molecule has 0 aromatic heterocycles. The van der Waals surface area contributed by atoms with E-state index in [2.05, 4.69) is 27.7 Å². The van der Waals surface area contributed by atoms with Crippen LogP contribution in [0.5, 0.6) is 0 Å². The molecule has 2 nitrogen and oxygen atoms in total. The van der Waals surface area contributed by atoms with Crippen molar-refractivity contribution in [3.05, 3.63) is 0 Å². The van der Waals surface area contributed by atoms with Gasteiger partial charge in [-0.3, -0.25) is 0 Å². The van der Waals surface area contributed by atoms with Crippen LogP contribution in [-0.2, 0) is 0 Å². The molecule has 5 rings (SSSR count). The Morgan fingerprint density at radius 2 is 1.42 bits per heavy atom. The summed E-state index contributed by atoms with van der Waals surface area (Å²) in [6.45, 7) is 9.93. The second-order valence-corrected chi connectivity index (χ2v) is 14.7. The van der Waals surface area contributed by atoms with Gasteiger partial charge in [0.2, 0.25) is 0 Å². The van der Waals surface area contributed by atoms with Gasteiger partial charge in [-0.1, -0.05) is 46.5 Å². The molecule has 5 aliphatic carbocycles. The Morgan fingerprint density at radius 1 is 0.727 bits per heavy atom. The minimum Gasteiger partial charge on any atom is -0.390 e. The molecule has 33 heavy (non-hydrogen) atoms. The molecule has 5 saturated carbocycles. The fraction of sp³-hybridized carbons (Fsp3) is 1.00. The van der Waals surface area contributed by atoms with Gasteiger partial charge in [0.1, 0.15) is 0 Å². The van der Waals surface area contributed by atoms with Gasteiger partial charge >= 0.3 is 0 Å². The Bertz CT molecular complexity index is 691. The molecule has 0 aromatic rings. The van der Waals surface area contributed by atoms with Gasteiger partial charge < -0.3 is 10.2 Å². The van der Waals surface area contributed by atoms with Crippen LogP contribution in [0.4, 0.5) is 0 Å². The second-order valence-electron chi connectivity index (χ2n) is 14.7. The molecule has 5 fully saturated rings. The van der Waals surface area contributed by atoms with Crippen molar-refractivity contribution in [2.75, 3.05) is 0 Å². The molecule has 2 N–H and O–H groups in total. The summed E-state index contributed by atoms with van der Waals surface area (Å²) in [5.74, 6) is 5.09. The zero-order valence-electron chi connectivity index (χ0n) is 22.4. The number of hydrogen-bond donors (Lipinski definition) is 2. The summed E-state index contributed by atoms with van der Waals surface area (Å²) >= 11 is 0. The molecular weight excluding hydrogens is 404 g/mol.